The lowest BCUT2D eigenvalue weighted by Gasteiger charge is -2.18. The van der Waals surface area contributed by atoms with Crippen molar-refractivity contribution in [1.29, 1.82) is 0 Å². The van der Waals surface area contributed by atoms with Crippen molar-refractivity contribution in [2.45, 2.75) is 32.5 Å². The van der Waals surface area contributed by atoms with Crippen LogP contribution in [0.3, 0.4) is 0 Å². The van der Waals surface area contributed by atoms with Crippen LogP contribution >= 0.6 is 0 Å². The summed E-state index contributed by atoms with van der Waals surface area (Å²) in [6.45, 7) is 7.21. The molecule has 0 fully saturated rings. The number of ether oxygens (including phenoxy) is 1. The maximum absolute atomic E-state index is 11.7. The van der Waals surface area contributed by atoms with E-state index >= 15 is 0 Å². The molecule has 0 aromatic rings. The highest BCUT2D eigenvalue weighted by Crippen LogP contribution is 2.14. The average Bonchev–Trinajstić information content (AvgIpc) is 2.08. The van der Waals surface area contributed by atoms with Gasteiger partial charge in [-0.05, 0) is 19.9 Å². The zero-order chi connectivity index (χ0) is 11.9. The van der Waals surface area contributed by atoms with E-state index in [0.717, 1.165) is 12.1 Å². The monoisotopic (exact) mass is 225 g/mol. The number of nitrogens with one attached hydrogen (secondary N) is 1. The summed E-state index contributed by atoms with van der Waals surface area (Å²) < 4.78 is 39.7. The smallest absolute Gasteiger partial charge is 0.372 e. The fraction of sp³-hybridized carbons (Fsp3) is 0.800. The summed E-state index contributed by atoms with van der Waals surface area (Å²) in [6, 6.07) is 0.0308. The molecule has 0 rings (SSSR count). The van der Waals surface area contributed by atoms with Crippen LogP contribution < -0.4 is 5.32 Å². The zero-order valence-corrected chi connectivity index (χ0v) is 9.16. The van der Waals surface area contributed by atoms with Gasteiger partial charge >= 0.3 is 6.18 Å². The molecule has 0 aromatic carbocycles. The van der Waals surface area contributed by atoms with Crippen LogP contribution in [0.5, 0.6) is 0 Å². The van der Waals surface area contributed by atoms with Gasteiger partial charge in [-0.25, -0.2) is 0 Å². The zero-order valence-electron chi connectivity index (χ0n) is 9.16. The Balaban J connectivity index is 3.67. The molecular weight excluding hydrogens is 207 g/mol. The van der Waals surface area contributed by atoms with E-state index in [9.17, 15) is 13.2 Å². The summed E-state index contributed by atoms with van der Waals surface area (Å²) in [5.74, 6) is 0. The number of halogens is 3. The van der Waals surface area contributed by atoms with Crippen molar-refractivity contribution in [2.75, 3.05) is 19.8 Å². The first-order valence-electron chi connectivity index (χ1n) is 4.90. The third kappa shape index (κ3) is 8.44. The number of alkyl halides is 3. The van der Waals surface area contributed by atoms with Gasteiger partial charge in [-0.2, -0.15) is 13.2 Å². The van der Waals surface area contributed by atoms with E-state index in [4.69, 9.17) is 0 Å². The molecular formula is C10H18F3NO. The third-order valence-corrected chi connectivity index (χ3v) is 1.86. The Morgan fingerprint density at radius 2 is 2.07 bits per heavy atom. The molecule has 0 aliphatic carbocycles. The predicted molar refractivity (Wildman–Crippen MR) is 53.8 cm³/mol. The van der Waals surface area contributed by atoms with Crippen LogP contribution in [0, 0.1) is 0 Å². The molecule has 2 nitrogen and oxygen atoms in total. The van der Waals surface area contributed by atoms with Gasteiger partial charge in [-0.3, -0.25) is 0 Å². The SMILES string of the molecule is C=C(C)C(CCOCC(F)(F)F)NCC. The van der Waals surface area contributed by atoms with Gasteiger partial charge in [0.25, 0.3) is 0 Å². The fourth-order valence-corrected chi connectivity index (χ4v) is 1.16. The van der Waals surface area contributed by atoms with E-state index in [0.29, 0.717) is 6.42 Å². The average molecular weight is 225 g/mol. The van der Waals surface area contributed by atoms with Gasteiger partial charge in [-0.15, -0.1) is 0 Å². The molecule has 0 amide bonds. The molecule has 1 atom stereocenters. The molecule has 0 aliphatic heterocycles. The first-order valence-corrected chi connectivity index (χ1v) is 4.90. The fourth-order valence-electron chi connectivity index (χ4n) is 1.16. The number of hydrogen-bond acceptors (Lipinski definition) is 2. The summed E-state index contributed by atoms with van der Waals surface area (Å²) in [4.78, 5) is 0. The molecule has 0 saturated carbocycles. The second-order valence-corrected chi connectivity index (χ2v) is 3.41. The maximum Gasteiger partial charge on any atom is 0.411 e. The van der Waals surface area contributed by atoms with Gasteiger partial charge in [0, 0.05) is 12.6 Å². The molecule has 0 saturated heterocycles. The second kappa shape index (κ2) is 6.85. The second-order valence-electron chi connectivity index (χ2n) is 3.41. The lowest BCUT2D eigenvalue weighted by Crippen LogP contribution is -2.31. The third-order valence-electron chi connectivity index (χ3n) is 1.86. The Labute approximate surface area is 88.5 Å². The van der Waals surface area contributed by atoms with E-state index in [1.165, 1.54) is 0 Å². The van der Waals surface area contributed by atoms with Crippen molar-refractivity contribution in [3.63, 3.8) is 0 Å². The summed E-state index contributed by atoms with van der Waals surface area (Å²) in [6.07, 6.45) is -3.73. The molecule has 0 heterocycles. The van der Waals surface area contributed by atoms with Crippen LogP contribution in [0.25, 0.3) is 0 Å². The highest BCUT2D eigenvalue weighted by molar-refractivity contribution is 5.01. The summed E-state index contributed by atoms with van der Waals surface area (Å²) >= 11 is 0. The molecule has 90 valence electrons. The Hall–Kier alpha value is -0.550. The lowest BCUT2D eigenvalue weighted by atomic mass is 10.1. The summed E-state index contributed by atoms with van der Waals surface area (Å²) in [7, 11) is 0. The molecule has 15 heavy (non-hydrogen) atoms. The van der Waals surface area contributed by atoms with E-state index in [1.54, 1.807) is 0 Å². The predicted octanol–water partition coefficient (Wildman–Crippen LogP) is 2.51. The highest BCUT2D eigenvalue weighted by Gasteiger charge is 2.27. The van der Waals surface area contributed by atoms with E-state index in [-0.39, 0.29) is 12.6 Å². The minimum Gasteiger partial charge on any atom is -0.372 e. The molecule has 0 aromatic heterocycles. The van der Waals surface area contributed by atoms with Gasteiger partial charge in [0.1, 0.15) is 6.61 Å². The Bertz CT molecular complexity index is 192. The van der Waals surface area contributed by atoms with Crippen LogP contribution in [0.2, 0.25) is 0 Å². The van der Waals surface area contributed by atoms with Crippen molar-refractivity contribution < 1.29 is 17.9 Å². The van der Waals surface area contributed by atoms with Crippen LogP contribution in [-0.4, -0.2) is 32.0 Å². The first-order chi connectivity index (χ1) is 6.87. The van der Waals surface area contributed by atoms with Gasteiger partial charge in [-0.1, -0.05) is 19.1 Å². The molecule has 1 unspecified atom stereocenters. The Morgan fingerprint density at radius 3 is 2.47 bits per heavy atom. The summed E-state index contributed by atoms with van der Waals surface area (Å²) in [5, 5.41) is 3.12. The van der Waals surface area contributed by atoms with Crippen molar-refractivity contribution in [1.82, 2.24) is 5.32 Å². The van der Waals surface area contributed by atoms with Crippen LogP contribution in [-0.2, 0) is 4.74 Å². The Kier molecular flexibility index (Phi) is 6.60. The van der Waals surface area contributed by atoms with Crippen molar-refractivity contribution in [2.24, 2.45) is 0 Å². The Morgan fingerprint density at radius 1 is 1.47 bits per heavy atom. The van der Waals surface area contributed by atoms with Crippen molar-refractivity contribution in [3.8, 4) is 0 Å². The van der Waals surface area contributed by atoms with Crippen molar-refractivity contribution in [3.05, 3.63) is 12.2 Å². The van der Waals surface area contributed by atoms with E-state index in [1.807, 2.05) is 13.8 Å². The van der Waals surface area contributed by atoms with Crippen LogP contribution in [0.15, 0.2) is 12.2 Å². The standard InChI is InChI=1S/C10H18F3NO/c1-4-14-9(8(2)3)5-6-15-7-10(11,12)13/h9,14H,2,4-7H2,1,3H3. The highest BCUT2D eigenvalue weighted by atomic mass is 19.4. The minimum atomic E-state index is -4.24. The minimum absolute atomic E-state index is 0.0308. The normalized spacial score (nSPS) is 13.9. The van der Waals surface area contributed by atoms with E-state index < -0.39 is 12.8 Å². The number of rotatable bonds is 7. The summed E-state index contributed by atoms with van der Waals surface area (Å²) in [5.41, 5.74) is 0.910. The van der Waals surface area contributed by atoms with Crippen LogP contribution in [0.4, 0.5) is 13.2 Å². The number of likely N-dealkylation sites (N-methyl/N-ethyl adjacent to an activating group) is 1. The van der Waals surface area contributed by atoms with Crippen molar-refractivity contribution >= 4 is 0 Å². The lowest BCUT2D eigenvalue weighted by molar-refractivity contribution is -0.174. The number of hydrogen-bond donors (Lipinski definition) is 1. The van der Waals surface area contributed by atoms with Gasteiger partial charge in [0.05, 0.1) is 0 Å². The maximum atomic E-state index is 11.7. The molecule has 0 spiro atoms. The quantitative estimate of drug-likeness (QED) is 0.531. The molecule has 5 heteroatoms. The molecule has 1 N–H and O–H groups in total. The van der Waals surface area contributed by atoms with Crippen LogP contribution in [0.1, 0.15) is 20.3 Å². The largest absolute Gasteiger partial charge is 0.411 e. The van der Waals surface area contributed by atoms with E-state index in [2.05, 4.69) is 16.6 Å². The topological polar surface area (TPSA) is 21.3 Å². The van der Waals surface area contributed by atoms with Gasteiger partial charge in [0.2, 0.25) is 0 Å². The van der Waals surface area contributed by atoms with Gasteiger partial charge in [0.15, 0.2) is 0 Å². The van der Waals surface area contributed by atoms with Gasteiger partial charge < -0.3 is 10.1 Å². The molecule has 0 radical (unpaired) electrons. The molecule has 0 aliphatic rings. The molecule has 0 bridgehead atoms. The first kappa shape index (κ1) is 14.5.